The molecule has 32 heavy (non-hydrogen) atoms. The largest absolute Gasteiger partial charge is 0.383 e. The number of hydrogen-bond donors (Lipinski definition) is 2. The molecule has 1 saturated carbocycles. The van der Waals surface area contributed by atoms with Crippen molar-refractivity contribution in [2.24, 2.45) is 13.0 Å². The Morgan fingerprint density at radius 1 is 1.22 bits per heavy atom. The van der Waals surface area contributed by atoms with Crippen LogP contribution in [0.1, 0.15) is 36.1 Å². The normalized spacial score (nSPS) is 17.5. The van der Waals surface area contributed by atoms with Gasteiger partial charge in [-0.15, -0.1) is 0 Å². The summed E-state index contributed by atoms with van der Waals surface area (Å²) < 4.78 is 1.76. The summed E-state index contributed by atoms with van der Waals surface area (Å²) in [5.41, 5.74) is 11.2. The standard InChI is InChI=1S/C24H25N7O/c1-4-16-5-13(2)19(10-26-16)21-6-14-7-22(27-11-20(14)23(25)29-21)30-24(32)18-8-17(18)15-9-28-31(3)12-15/h5-7,9-12,17-18H,4,8H2,1-3H3,(H2,25,29)(H,27,30,32)/t17-,18+/m1/s1. The van der Waals surface area contributed by atoms with Gasteiger partial charge in [0, 0.05) is 48.2 Å². The SMILES string of the molecule is CCc1cc(C)c(-c2cc3cc(NC(=O)[C@H]4C[C@@H]4c4cnn(C)c4)ncc3c(N)n2)cn1. The Balaban J connectivity index is 1.40. The number of hydrogen-bond acceptors (Lipinski definition) is 6. The Labute approximate surface area is 185 Å². The number of anilines is 2. The van der Waals surface area contributed by atoms with E-state index in [0.29, 0.717) is 11.6 Å². The highest BCUT2D eigenvalue weighted by atomic mass is 16.2. The number of nitrogen functional groups attached to an aromatic ring is 1. The molecule has 0 bridgehead atoms. The van der Waals surface area contributed by atoms with Crippen LogP contribution in [0.15, 0.2) is 43.0 Å². The fraction of sp³-hybridized carbons (Fsp3) is 0.292. The molecular weight excluding hydrogens is 402 g/mol. The molecule has 8 nitrogen and oxygen atoms in total. The number of pyridine rings is 3. The summed E-state index contributed by atoms with van der Waals surface area (Å²) in [7, 11) is 1.88. The van der Waals surface area contributed by atoms with Gasteiger partial charge in [0.1, 0.15) is 11.6 Å². The van der Waals surface area contributed by atoms with Gasteiger partial charge in [-0.1, -0.05) is 6.92 Å². The molecule has 0 radical (unpaired) electrons. The molecule has 1 amide bonds. The summed E-state index contributed by atoms with van der Waals surface area (Å²) in [5.74, 6) is 1.05. The van der Waals surface area contributed by atoms with Crippen molar-refractivity contribution >= 4 is 28.3 Å². The number of nitrogens with zero attached hydrogens (tertiary/aromatic N) is 5. The van der Waals surface area contributed by atoms with E-state index in [2.05, 4.69) is 38.4 Å². The summed E-state index contributed by atoms with van der Waals surface area (Å²) in [6.45, 7) is 4.13. The van der Waals surface area contributed by atoms with Crippen LogP contribution in [-0.4, -0.2) is 30.6 Å². The molecular formula is C24H25N7O. The van der Waals surface area contributed by atoms with Crippen LogP contribution in [0.3, 0.4) is 0 Å². The van der Waals surface area contributed by atoms with E-state index < -0.39 is 0 Å². The Kier molecular flexibility index (Phi) is 4.84. The van der Waals surface area contributed by atoms with Crippen molar-refractivity contribution in [1.82, 2.24) is 24.7 Å². The maximum Gasteiger partial charge on any atom is 0.229 e. The minimum absolute atomic E-state index is 0.0249. The van der Waals surface area contributed by atoms with Crippen LogP contribution in [0.2, 0.25) is 0 Å². The molecule has 162 valence electrons. The maximum absolute atomic E-state index is 12.7. The molecule has 1 aliphatic rings. The van der Waals surface area contributed by atoms with Crippen molar-refractivity contribution in [3.63, 3.8) is 0 Å². The maximum atomic E-state index is 12.7. The van der Waals surface area contributed by atoms with Crippen LogP contribution in [0, 0.1) is 12.8 Å². The van der Waals surface area contributed by atoms with E-state index in [9.17, 15) is 4.79 Å². The topological polar surface area (TPSA) is 112 Å². The predicted octanol–water partition coefficient (Wildman–Crippen LogP) is 3.62. The summed E-state index contributed by atoms with van der Waals surface area (Å²) >= 11 is 0. The number of amides is 1. The van der Waals surface area contributed by atoms with Crippen molar-refractivity contribution in [2.45, 2.75) is 32.6 Å². The summed E-state index contributed by atoms with van der Waals surface area (Å²) in [6.07, 6.45) is 9.00. The van der Waals surface area contributed by atoms with E-state index in [1.807, 2.05) is 44.7 Å². The molecule has 1 aliphatic carbocycles. The van der Waals surface area contributed by atoms with Gasteiger partial charge in [0.05, 0.1) is 11.9 Å². The molecule has 1 fully saturated rings. The predicted molar refractivity (Wildman–Crippen MR) is 124 cm³/mol. The zero-order valence-corrected chi connectivity index (χ0v) is 18.3. The summed E-state index contributed by atoms with van der Waals surface area (Å²) in [5, 5.41) is 8.78. The molecule has 0 spiro atoms. The molecule has 4 heterocycles. The monoisotopic (exact) mass is 427 g/mol. The fourth-order valence-electron chi connectivity index (χ4n) is 4.16. The Morgan fingerprint density at radius 2 is 2.06 bits per heavy atom. The second kappa shape index (κ2) is 7.71. The molecule has 0 aromatic carbocycles. The van der Waals surface area contributed by atoms with Gasteiger partial charge in [0.15, 0.2) is 0 Å². The second-order valence-electron chi connectivity index (χ2n) is 8.41. The summed E-state index contributed by atoms with van der Waals surface area (Å²) in [4.78, 5) is 26.2. The third kappa shape index (κ3) is 3.68. The molecule has 4 aromatic heterocycles. The van der Waals surface area contributed by atoms with Crippen LogP contribution < -0.4 is 11.1 Å². The first-order valence-electron chi connectivity index (χ1n) is 10.7. The van der Waals surface area contributed by atoms with Gasteiger partial charge in [-0.05, 0) is 60.4 Å². The second-order valence-corrected chi connectivity index (χ2v) is 8.41. The van der Waals surface area contributed by atoms with Gasteiger partial charge in [-0.3, -0.25) is 14.5 Å². The van der Waals surface area contributed by atoms with Crippen molar-refractivity contribution in [2.75, 3.05) is 11.1 Å². The molecule has 2 atom stereocenters. The number of carbonyl (C=O) groups excluding carboxylic acids is 1. The lowest BCUT2D eigenvalue weighted by Crippen LogP contribution is -2.15. The average molecular weight is 428 g/mol. The van der Waals surface area contributed by atoms with Crippen LogP contribution >= 0.6 is 0 Å². The third-order valence-corrected chi connectivity index (χ3v) is 6.08. The highest BCUT2D eigenvalue weighted by molar-refractivity contribution is 5.98. The number of rotatable bonds is 5. The number of aromatic nitrogens is 5. The lowest BCUT2D eigenvalue weighted by atomic mass is 10.0. The Hall–Kier alpha value is -3.81. The van der Waals surface area contributed by atoms with E-state index in [1.165, 1.54) is 0 Å². The van der Waals surface area contributed by atoms with Gasteiger partial charge in [-0.25, -0.2) is 9.97 Å². The highest BCUT2D eigenvalue weighted by Crippen LogP contribution is 2.47. The number of aryl methyl sites for hydroxylation is 3. The van der Waals surface area contributed by atoms with Crippen molar-refractivity contribution < 1.29 is 4.79 Å². The average Bonchev–Trinajstić information content (AvgIpc) is 3.46. The fourth-order valence-corrected chi connectivity index (χ4v) is 4.16. The number of carbonyl (C=O) groups is 1. The van der Waals surface area contributed by atoms with Crippen molar-refractivity contribution in [3.8, 4) is 11.3 Å². The summed E-state index contributed by atoms with van der Waals surface area (Å²) in [6, 6.07) is 5.89. The zero-order chi connectivity index (χ0) is 22.4. The van der Waals surface area contributed by atoms with Crippen molar-refractivity contribution in [3.05, 3.63) is 59.8 Å². The molecule has 8 heteroatoms. The Bertz CT molecular complexity index is 1340. The molecule has 4 aromatic rings. The number of nitrogens with two attached hydrogens (primary N) is 1. The van der Waals surface area contributed by atoms with Crippen LogP contribution in [0.4, 0.5) is 11.6 Å². The molecule has 5 rings (SSSR count). The first-order valence-corrected chi connectivity index (χ1v) is 10.7. The smallest absolute Gasteiger partial charge is 0.229 e. The van der Waals surface area contributed by atoms with Gasteiger partial charge < -0.3 is 11.1 Å². The van der Waals surface area contributed by atoms with Gasteiger partial charge >= 0.3 is 0 Å². The van der Waals surface area contributed by atoms with E-state index in [-0.39, 0.29) is 17.7 Å². The van der Waals surface area contributed by atoms with Crippen LogP contribution in [-0.2, 0) is 18.3 Å². The minimum Gasteiger partial charge on any atom is -0.383 e. The van der Waals surface area contributed by atoms with Gasteiger partial charge in [0.25, 0.3) is 0 Å². The van der Waals surface area contributed by atoms with Gasteiger partial charge in [0.2, 0.25) is 5.91 Å². The first kappa shape index (κ1) is 20.1. The lowest BCUT2D eigenvalue weighted by Gasteiger charge is -2.11. The molecule has 0 saturated heterocycles. The Morgan fingerprint density at radius 3 is 2.78 bits per heavy atom. The van der Waals surface area contributed by atoms with Crippen LogP contribution in [0.25, 0.3) is 22.0 Å². The van der Waals surface area contributed by atoms with E-state index in [1.54, 1.807) is 10.9 Å². The molecule has 3 N–H and O–H groups in total. The quantitative estimate of drug-likeness (QED) is 0.503. The minimum atomic E-state index is -0.0550. The third-order valence-electron chi connectivity index (χ3n) is 6.08. The van der Waals surface area contributed by atoms with Gasteiger partial charge in [-0.2, -0.15) is 5.10 Å². The van der Waals surface area contributed by atoms with E-state index >= 15 is 0 Å². The van der Waals surface area contributed by atoms with Crippen molar-refractivity contribution in [1.29, 1.82) is 0 Å². The first-order chi connectivity index (χ1) is 15.4. The lowest BCUT2D eigenvalue weighted by molar-refractivity contribution is -0.117. The zero-order valence-electron chi connectivity index (χ0n) is 18.3. The van der Waals surface area contributed by atoms with E-state index in [4.69, 9.17) is 5.73 Å². The number of fused-ring (bicyclic) bond motifs is 1. The molecule has 0 aliphatic heterocycles. The van der Waals surface area contributed by atoms with E-state index in [0.717, 1.165) is 51.7 Å². The number of nitrogens with one attached hydrogen (secondary N) is 1. The molecule has 0 unspecified atom stereocenters. The van der Waals surface area contributed by atoms with Crippen LogP contribution in [0.5, 0.6) is 0 Å². The highest BCUT2D eigenvalue weighted by Gasteiger charge is 2.44.